The quantitative estimate of drug-likeness (QED) is 0.497. The third-order valence-electron chi connectivity index (χ3n) is 5.30. The molecule has 0 aliphatic carbocycles. The molecule has 1 atom stereocenters. The Morgan fingerprint density at radius 1 is 1.18 bits per heavy atom. The maximum atomic E-state index is 13.5. The lowest BCUT2D eigenvalue weighted by Gasteiger charge is -2.19. The van der Waals surface area contributed by atoms with E-state index in [-0.39, 0.29) is 9.90 Å². The van der Waals surface area contributed by atoms with Gasteiger partial charge in [0, 0.05) is 24.0 Å². The molecule has 0 unspecified atom stereocenters. The summed E-state index contributed by atoms with van der Waals surface area (Å²) in [4.78, 5) is 2.59. The average molecular weight is 508 g/mol. The number of likely N-dealkylation sites (N-methyl/N-ethyl adjacent to an activating group) is 1. The molecular weight excluding hydrogens is 487 g/mol. The van der Waals surface area contributed by atoms with Gasteiger partial charge >= 0.3 is 6.18 Å². The second-order valence-corrected chi connectivity index (χ2v) is 10.9. The number of halogens is 3. The van der Waals surface area contributed by atoms with E-state index in [0.29, 0.717) is 35.5 Å². The number of ether oxygens (including phenoxy) is 1. The van der Waals surface area contributed by atoms with Gasteiger partial charge in [0.1, 0.15) is 16.1 Å². The molecule has 2 heterocycles. The molecular formula is C23H20F3N3O3S2. The second kappa shape index (κ2) is 9.29. The van der Waals surface area contributed by atoms with E-state index in [2.05, 4.69) is 4.72 Å². The Bertz CT molecular complexity index is 1350. The SMILES string of the molecule is CN1CC[C@@H](Oc2cc(NS(=O)(=O)c3ccc(-c4cccc(C#N)c4)s3)ccc2C(F)(F)F)C1. The zero-order valence-electron chi connectivity index (χ0n) is 18.0. The summed E-state index contributed by atoms with van der Waals surface area (Å²) in [5, 5.41) is 9.07. The van der Waals surface area contributed by atoms with Gasteiger partial charge in [0.25, 0.3) is 10.0 Å². The van der Waals surface area contributed by atoms with Crippen molar-refractivity contribution in [2.24, 2.45) is 0 Å². The minimum atomic E-state index is -4.64. The van der Waals surface area contributed by atoms with Crippen LogP contribution in [0.5, 0.6) is 5.75 Å². The predicted molar refractivity (Wildman–Crippen MR) is 123 cm³/mol. The first-order chi connectivity index (χ1) is 16.0. The number of benzene rings is 2. The minimum absolute atomic E-state index is 0.00959. The van der Waals surface area contributed by atoms with Crippen molar-refractivity contribution < 1.29 is 26.3 Å². The van der Waals surface area contributed by atoms with Crippen molar-refractivity contribution in [3.63, 3.8) is 0 Å². The summed E-state index contributed by atoms with van der Waals surface area (Å²) in [5.41, 5.74) is 0.146. The first kappa shape index (κ1) is 24.1. The van der Waals surface area contributed by atoms with Gasteiger partial charge < -0.3 is 9.64 Å². The number of hydrogen-bond donors (Lipinski definition) is 1. The molecule has 6 nitrogen and oxygen atoms in total. The van der Waals surface area contributed by atoms with Gasteiger partial charge in [-0.2, -0.15) is 18.4 Å². The van der Waals surface area contributed by atoms with E-state index >= 15 is 0 Å². The van der Waals surface area contributed by atoms with Gasteiger partial charge in [-0.25, -0.2) is 8.42 Å². The smallest absolute Gasteiger partial charge is 0.419 e. The van der Waals surface area contributed by atoms with Crippen molar-refractivity contribution in [1.82, 2.24) is 4.90 Å². The van der Waals surface area contributed by atoms with Crippen LogP contribution < -0.4 is 9.46 Å². The number of hydrogen-bond acceptors (Lipinski definition) is 6. The highest BCUT2D eigenvalue weighted by Crippen LogP contribution is 2.39. The van der Waals surface area contributed by atoms with Gasteiger partial charge in [0.05, 0.1) is 22.9 Å². The van der Waals surface area contributed by atoms with Gasteiger partial charge in [-0.3, -0.25) is 4.72 Å². The number of sulfonamides is 1. The lowest BCUT2D eigenvalue weighted by atomic mass is 10.1. The molecule has 0 saturated carbocycles. The van der Waals surface area contributed by atoms with E-state index in [4.69, 9.17) is 10.00 Å². The summed E-state index contributed by atoms with van der Waals surface area (Å²) < 4.78 is 74.3. The van der Waals surface area contributed by atoms with Crippen molar-refractivity contribution in [3.05, 3.63) is 65.7 Å². The number of nitriles is 1. The fourth-order valence-electron chi connectivity index (χ4n) is 3.66. The molecule has 1 fully saturated rings. The predicted octanol–water partition coefficient (Wildman–Crippen LogP) is 5.19. The van der Waals surface area contributed by atoms with E-state index < -0.39 is 33.6 Å². The maximum Gasteiger partial charge on any atom is 0.419 e. The second-order valence-electron chi connectivity index (χ2n) is 7.92. The largest absolute Gasteiger partial charge is 0.488 e. The van der Waals surface area contributed by atoms with Gasteiger partial charge in [0.2, 0.25) is 0 Å². The van der Waals surface area contributed by atoms with E-state index in [9.17, 15) is 21.6 Å². The monoisotopic (exact) mass is 507 g/mol. The molecule has 0 radical (unpaired) electrons. The lowest BCUT2D eigenvalue weighted by molar-refractivity contribution is -0.139. The summed E-state index contributed by atoms with van der Waals surface area (Å²) in [5.74, 6) is -0.409. The highest BCUT2D eigenvalue weighted by atomic mass is 32.2. The molecule has 0 spiro atoms. The van der Waals surface area contributed by atoms with Gasteiger partial charge in [-0.15, -0.1) is 11.3 Å². The van der Waals surface area contributed by atoms with Crippen LogP contribution in [0.3, 0.4) is 0 Å². The average Bonchev–Trinajstić information content (AvgIpc) is 3.43. The maximum absolute atomic E-state index is 13.5. The van der Waals surface area contributed by atoms with E-state index in [0.717, 1.165) is 29.5 Å². The van der Waals surface area contributed by atoms with Crippen molar-refractivity contribution in [1.29, 1.82) is 5.26 Å². The zero-order chi connectivity index (χ0) is 24.5. The van der Waals surface area contributed by atoms with Crippen LogP contribution in [0.25, 0.3) is 10.4 Å². The summed E-state index contributed by atoms with van der Waals surface area (Å²) in [6, 6.07) is 14.8. The normalized spacial score (nSPS) is 16.9. The Balaban J connectivity index is 1.59. The molecule has 1 aliphatic heterocycles. The fourth-order valence-corrected chi connectivity index (χ4v) is 6.01. The Morgan fingerprint density at radius 2 is 1.97 bits per heavy atom. The molecule has 0 amide bonds. The van der Waals surface area contributed by atoms with Crippen molar-refractivity contribution in [2.45, 2.75) is 22.9 Å². The molecule has 1 saturated heterocycles. The van der Waals surface area contributed by atoms with Gasteiger partial charge in [-0.1, -0.05) is 12.1 Å². The molecule has 3 aromatic rings. The Morgan fingerprint density at radius 3 is 2.65 bits per heavy atom. The number of nitrogens with one attached hydrogen (secondary N) is 1. The molecule has 1 N–H and O–H groups in total. The topological polar surface area (TPSA) is 82.4 Å². The number of thiophene rings is 1. The molecule has 0 bridgehead atoms. The summed E-state index contributed by atoms with van der Waals surface area (Å²) in [7, 11) is -2.21. The molecule has 1 aromatic heterocycles. The molecule has 178 valence electrons. The Hall–Kier alpha value is -3.07. The van der Waals surface area contributed by atoms with Crippen molar-refractivity contribution in [2.75, 3.05) is 24.9 Å². The molecule has 4 rings (SSSR count). The lowest BCUT2D eigenvalue weighted by Crippen LogP contribution is -2.23. The van der Waals surface area contributed by atoms with Crippen LogP contribution in [0.15, 0.2) is 58.8 Å². The minimum Gasteiger partial charge on any atom is -0.488 e. The van der Waals surface area contributed by atoms with Crippen LogP contribution in [0, 0.1) is 11.3 Å². The van der Waals surface area contributed by atoms with Gasteiger partial charge in [-0.05, 0) is 55.4 Å². The van der Waals surface area contributed by atoms with E-state index in [1.807, 2.05) is 18.0 Å². The summed E-state index contributed by atoms with van der Waals surface area (Å²) in [6.07, 6.45) is -4.48. The number of anilines is 1. The van der Waals surface area contributed by atoms with E-state index in [1.54, 1.807) is 30.3 Å². The first-order valence-corrected chi connectivity index (χ1v) is 12.5. The zero-order valence-corrected chi connectivity index (χ0v) is 19.6. The molecule has 1 aliphatic rings. The summed E-state index contributed by atoms with van der Waals surface area (Å²) >= 11 is 0.993. The van der Waals surface area contributed by atoms with E-state index in [1.165, 1.54) is 6.07 Å². The molecule has 34 heavy (non-hydrogen) atoms. The highest BCUT2D eigenvalue weighted by Gasteiger charge is 2.36. The van der Waals surface area contributed by atoms with Crippen LogP contribution >= 0.6 is 11.3 Å². The Labute approximate surface area is 199 Å². The number of alkyl halides is 3. The van der Waals surface area contributed by atoms with Gasteiger partial charge in [0.15, 0.2) is 0 Å². The van der Waals surface area contributed by atoms with Crippen LogP contribution in [0.2, 0.25) is 0 Å². The van der Waals surface area contributed by atoms with Crippen LogP contribution in [0.1, 0.15) is 17.5 Å². The number of nitrogens with zero attached hydrogens (tertiary/aromatic N) is 2. The molecule has 11 heteroatoms. The molecule has 2 aromatic carbocycles. The highest BCUT2D eigenvalue weighted by molar-refractivity contribution is 7.94. The fraction of sp³-hybridized carbons (Fsp3) is 0.261. The number of likely N-dealkylation sites (tertiary alicyclic amines) is 1. The first-order valence-electron chi connectivity index (χ1n) is 10.2. The number of rotatable bonds is 6. The van der Waals surface area contributed by atoms with Crippen LogP contribution in [0.4, 0.5) is 18.9 Å². The third kappa shape index (κ3) is 5.35. The summed E-state index contributed by atoms with van der Waals surface area (Å²) in [6.45, 7) is 1.19. The standard InChI is InChI=1S/C23H20F3N3O3S2/c1-29-10-9-18(14-29)32-20-12-17(5-6-19(20)23(24,25)26)28-34(30,31)22-8-7-21(33-22)16-4-2-3-15(11-16)13-27/h2-8,11-12,18,28H,9-10,14H2,1H3/t18-/m1/s1. The van der Waals surface area contributed by atoms with Crippen LogP contribution in [-0.4, -0.2) is 39.6 Å². The third-order valence-corrected chi connectivity index (χ3v) is 8.31. The van der Waals surface area contributed by atoms with Crippen molar-refractivity contribution >= 4 is 27.0 Å². The van der Waals surface area contributed by atoms with Crippen LogP contribution in [-0.2, 0) is 16.2 Å². The Kier molecular flexibility index (Phi) is 6.58. The van der Waals surface area contributed by atoms with Crippen molar-refractivity contribution in [3.8, 4) is 22.3 Å².